The molecule has 0 radical (unpaired) electrons. The number of rotatable bonds is 13. The van der Waals surface area contributed by atoms with E-state index in [0.29, 0.717) is 13.8 Å². The van der Waals surface area contributed by atoms with Gasteiger partial charge in [-0.05, 0) is 10.7 Å². The summed E-state index contributed by atoms with van der Waals surface area (Å²) in [6.45, 7) is 0.847. The SMILES string of the molecule is CC(C=S)[Si](OB(O)O)(C(C)C=S)C(C(=S)c1c(F)c(F)c(F)c(F)c1F)(c1c(F)c(F)c(F)c(F)c1F)C(c1c(F)c(F)c(F)c(F)c1F)c1c(F)c(F)c(F)c(F)c1F. The molecule has 2 N–H and O–H groups in total. The van der Waals surface area contributed by atoms with Crippen molar-refractivity contribution < 1.29 is 102 Å². The van der Waals surface area contributed by atoms with Gasteiger partial charge in [0.1, 0.15) is 0 Å². The molecule has 0 aliphatic heterocycles. The van der Waals surface area contributed by atoms with Crippen molar-refractivity contribution >= 4 is 67.9 Å². The molecular formula is C33H13BF20O3S3Si. The van der Waals surface area contributed by atoms with Crippen LogP contribution >= 0.6 is 36.7 Å². The molecule has 0 aliphatic carbocycles. The average molecular weight is 973 g/mol. The Morgan fingerprint density at radius 1 is 0.475 bits per heavy atom. The number of hydrogen-bond acceptors (Lipinski definition) is 6. The molecule has 0 heterocycles. The largest absolute Gasteiger partial charge is 0.623 e. The van der Waals surface area contributed by atoms with Gasteiger partial charge in [-0.1, -0.05) is 50.5 Å². The third-order valence-electron chi connectivity index (χ3n) is 9.57. The van der Waals surface area contributed by atoms with E-state index in [1.54, 1.807) is 0 Å². The third-order valence-corrected chi connectivity index (χ3v) is 17.2. The first kappa shape index (κ1) is 49.6. The fraction of sp³-hybridized carbons (Fsp3) is 0.182. The number of hydrogen-bond donors (Lipinski definition) is 2. The van der Waals surface area contributed by atoms with Gasteiger partial charge in [0.25, 0.3) is 0 Å². The molecule has 3 nitrogen and oxygen atoms in total. The fourth-order valence-corrected chi connectivity index (χ4v) is 14.6. The van der Waals surface area contributed by atoms with Gasteiger partial charge in [0.15, 0.2) is 93.1 Å². The van der Waals surface area contributed by atoms with Crippen LogP contribution in [0.25, 0.3) is 0 Å². The average Bonchev–Trinajstić information content (AvgIpc) is 3.22. The van der Waals surface area contributed by atoms with Crippen molar-refractivity contribution in [2.45, 2.75) is 35.9 Å². The van der Waals surface area contributed by atoms with Gasteiger partial charge in [0.2, 0.25) is 31.6 Å². The molecule has 0 aromatic heterocycles. The van der Waals surface area contributed by atoms with Crippen molar-refractivity contribution in [2.75, 3.05) is 0 Å². The lowest BCUT2D eigenvalue weighted by atomic mass is 9.71. The second-order valence-corrected chi connectivity index (χ2v) is 17.9. The van der Waals surface area contributed by atoms with Crippen molar-refractivity contribution in [1.29, 1.82) is 0 Å². The van der Waals surface area contributed by atoms with Crippen LogP contribution in [0.4, 0.5) is 87.8 Å². The first-order valence-corrected chi connectivity index (χ1v) is 19.1. The van der Waals surface area contributed by atoms with E-state index in [2.05, 4.69) is 0 Å². The summed E-state index contributed by atoms with van der Waals surface area (Å²) in [6.07, 6.45) is 0. The summed E-state index contributed by atoms with van der Waals surface area (Å²) in [6, 6.07) is 0. The van der Waals surface area contributed by atoms with Gasteiger partial charge >= 0.3 is 7.32 Å². The Balaban J connectivity index is 2.86. The molecular weight excluding hydrogens is 959 g/mol. The summed E-state index contributed by atoms with van der Waals surface area (Å²) in [4.78, 5) is -2.93. The molecule has 3 atom stereocenters. The monoisotopic (exact) mass is 972 g/mol. The van der Waals surface area contributed by atoms with E-state index in [0.717, 1.165) is 0 Å². The normalized spacial score (nSPS) is 14.8. The zero-order valence-corrected chi connectivity index (χ0v) is 32.5. The minimum Gasteiger partial charge on any atom is -0.426 e. The molecule has 28 heteroatoms. The van der Waals surface area contributed by atoms with E-state index in [9.17, 15) is 27.6 Å². The Morgan fingerprint density at radius 3 is 0.984 bits per heavy atom. The van der Waals surface area contributed by atoms with E-state index in [1.165, 1.54) is 0 Å². The molecule has 4 aromatic carbocycles. The fourth-order valence-electron chi connectivity index (χ4n) is 7.08. The van der Waals surface area contributed by atoms with Gasteiger partial charge in [-0.15, -0.1) is 0 Å². The van der Waals surface area contributed by atoms with Crippen molar-refractivity contribution in [3.05, 3.63) is 139 Å². The maximum absolute atomic E-state index is 16.8. The maximum Gasteiger partial charge on any atom is 0.623 e. The van der Waals surface area contributed by atoms with Crippen LogP contribution in [0.2, 0.25) is 11.1 Å². The van der Waals surface area contributed by atoms with Gasteiger partial charge in [-0.3, -0.25) is 0 Å². The molecule has 61 heavy (non-hydrogen) atoms. The minimum atomic E-state index is -7.08. The number of thiocarbonyl (C=S) groups is 3. The van der Waals surface area contributed by atoms with Crippen LogP contribution in [-0.2, 0) is 9.38 Å². The summed E-state index contributed by atoms with van der Waals surface area (Å²) in [5.74, 6) is -73.1. The minimum absolute atomic E-state index is 0.111. The Labute approximate surface area is 343 Å². The zero-order valence-electron chi connectivity index (χ0n) is 29.1. The Kier molecular flexibility index (Phi) is 14.3. The lowest BCUT2D eigenvalue weighted by Gasteiger charge is -2.57. The van der Waals surface area contributed by atoms with Crippen molar-refractivity contribution in [2.24, 2.45) is 0 Å². The van der Waals surface area contributed by atoms with Crippen LogP contribution in [0.15, 0.2) is 0 Å². The highest BCUT2D eigenvalue weighted by molar-refractivity contribution is 7.81. The maximum atomic E-state index is 16.8. The summed E-state index contributed by atoms with van der Waals surface area (Å²) in [5.41, 5.74) is -18.0. The van der Waals surface area contributed by atoms with Gasteiger partial charge in [0, 0.05) is 38.6 Å². The van der Waals surface area contributed by atoms with Crippen molar-refractivity contribution in [3.63, 3.8) is 0 Å². The highest BCUT2D eigenvalue weighted by atomic mass is 32.1. The molecule has 0 aliphatic rings. The first-order chi connectivity index (χ1) is 28.1. The van der Waals surface area contributed by atoms with E-state index < -0.39 is 181 Å². The molecule has 4 rings (SSSR count). The molecule has 0 saturated carbocycles. The molecule has 3 unspecified atom stereocenters. The quantitative estimate of drug-likeness (QED) is 0.0348. The lowest BCUT2D eigenvalue weighted by Crippen LogP contribution is -2.72. The zero-order chi connectivity index (χ0) is 46.9. The summed E-state index contributed by atoms with van der Waals surface area (Å²) in [5, 5.41) is 15.4. The van der Waals surface area contributed by atoms with Crippen LogP contribution in [0.1, 0.15) is 42.0 Å². The van der Waals surface area contributed by atoms with E-state index in [1.807, 2.05) is 0 Å². The predicted molar refractivity (Wildman–Crippen MR) is 183 cm³/mol. The third kappa shape index (κ3) is 7.04. The smallest absolute Gasteiger partial charge is 0.426 e. The number of benzene rings is 4. The second kappa shape index (κ2) is 17.6. The van der Waals surface area contributed by atoms with Crippen LogP contribution in [0.3, 0.4) is 0 Å². The second-order valence-electron chi connectivity index (χ2n) is 12.5. The lowest BCUT2D eigenvalue weighted by molar-refractivity contribution is 0.263. The van der Waals surface area contributed by atoms with Gasteiger partial charge < -0.3 is 14.4 Å². The standard InChI is InChI=1S/C33H13BF20O3S3Si/c1-5(3-58)61(6(2)4-59,57-34(55)56)33(11-18(41)26(49)31(54)27(50)19(11)42,32(60)9-16(39)24(47)30(53)25(48)17(9)40)10(7-12(35)20(43)28(51)21(44)13(7)36)8-14(37)22(45)29(52)23(46)15(8)38/h3-6,10,55-56H,1-2H3. The molecule has 0 fully saturated rings. The molecule has 0 saturated heterocycles. The van der Waals surface area contributed by atoms with Gasteiger partial charge in [0.05, 0.1) is 10.6 Å². The predicted octanol–water partition coefficient (Wildman–Crippen LogP) is 10.2. The van der Waals surface area contributed by atoms with E-state index in [-0.39, 0.29) is 10.7 Å². The first-order valence-electron chi connectivity index (χ1n) is 15.7. The van der Waals surface area contributed by atoms with Gasteiger partial charge in [-0.25, -0.2) is 87.8 Å². The summed E-state index contributed by atoms with van der Waals surface area (Å²) in [7, 11) is -10.9. The Bertz CT molecular complexity index is 2350. The highest BCUT2D eigenvalue weighted by Gasteiger charge is 2.72. The Hall–Kier alpha value is -4.09. The topological polar surface area (TPSA) is 49.7 Å². The van der Waals surface area contributed by atoms with Crippen molar-refractivity contribution in [1.82, 2.24) is 0 Å². The van der Waals surface area contributed by atoms with E-state index >= 15 is 70.2 Å². The summed E-state index contributed by atoms with van der Waals surface area (Å²) >= 11 is 14.5. The van der Waals surface area contributed by atoms with Crippen LogP contribution in [0, 0.1) is 116 Å². The Morgan fingerprint density at radius 2 is 0.721 bits per heavy atom. The highest BCUT2D eigenvalue weighted by Crippen LogP contribution is 2.62. The molecule has 0 amide bonds. The molecule has 4 aromatic rings. The molecule has 328 valence electrons. The van der Waals surface area contributed by atoms with Gasteiger partial charge in [-0.2, -0.15) is 0 Å². The summed E-state index contributed by atoms with van der Waals surface area (Å²) < 4.78 is 318. The van der Waals surface area contributed by atoms with Crippen LogP contribution < -0.4 is 0 Å². The van der Waals surface area contributed by atoms with Crippen LogP contribution in [-0.4, -0.2) is 41.3 Å². The van der Waals surface area contributed by atoms with Crippen LogP contribution in [0.5, 0.6) is 0 Å². The van der Waals surface area contributed by atoms with E-state index in [4.69, 9.17) is 41.0 Å². The molecule has 0 bridgehead atoms. The molecule has 0 spiro atoms. The number of halogens is 20. The van der Waals surface area contributed by atoms with Crippen molar-refractivity contribution in [3.8, 4) is 0 Å².